The molecule has 5 heteroatoms. The summed E-state index contributed by atoms with van der Waals surface area (Å²) < 4.78 is 6.16. The lowest BCUT2D eigenvalue weighted by Gasteiger charge is -2.06. The molecular weight excluding hydrogens is 272 g/mol. The van der Waals surface area contributed by atoms with Gasteiger partial charge in [-0.25, -0.2) is 0 Å². The van der Waals surface area contributed by atoms with E-state index in [1.54, 1.807) is 7.11 Å². The predicted octanol–water partition coefficient (Wildman–Crippen LogP) is 1.91. The fraction of sp³-hybridized carbons (Fsp3) is 0.364. The quantitative estimate of drug-likeness (QED) is 0.923. The smallest absolute Gasteiger partial charge is 0.145 e. The van der Waals surface area contributed by atoms with E-state index < -0.39 is 0 Å². The molecule has 86 valence electrons. The number of benzene rings is 1. The van der Waals surface area contributed by atoms with Crippen LogP contribution < -0.4 is 10.5 Å². The Morgan fingerprint density at radius 3 is 3.06 bits per heavy atom. The van der Waals surface area contributed by atoms with Gasteiger partial charge in [-0.3, -0.25) is 0 Å². The van der Waals surface area contributed by atoms with Crippen LogP contribution in [0.1, 0.15) is 12.0 Å². The number of hydrogen-bond acceptors (Lipinski definition) is 4. The van der Waals surface area contributed by atoms with E-state index in [0.29, 0.717) is 6.54 Å². The molecule has 1 aliphatic rings. The van der Waals surface area contributed by atoms with E-state index in [0.717, 1.165) is 27.9 Å². The second-order valence-corrected chi connectivity index (χ2v) is 4.41. The number of hydrogen-bond donors (Lipinski definition) is 1. The fourth-order valence-corrected chi connectivity index (χ4v) is 2.04. The van der Waals surface area contributed by atoms with Gasteiger partial charge in [-0.15, -0.1) is 0 Å². The summed E-state index contributed by atoms with van der Waals surface area (Å²) in [4.78, 5) is 5.20. The largest absolute Gasteiger partial charge is 0.497 e. The second-order valence-electron chi connectivity index (χ2n) is 3.55. The van der Waals surface area contributed by atoms with Crippen molar-refractivity contribution in [2.45, 2.75) is 12.5 Å². The highest BCUT2D eigenvalue weighted by molar-refractivity contribution is 9.10. The van der Waals surface area contributed by atoms with E-state index >= 15 is 0 Å². The third kappa shape index (κ3) is 2.20. The second kappa shape index (κ2) is 4.84. The van der Waals surface area contributed by atoms with Gasteiger partial charge in [0, 0.05) is 23.0 Å². The molecule has 1 unspecified atom stereocenters. The van der Waals surface area contributed by atoms with Crippen molar-refractivity contribution in [2.24, 2.45) is 10.9 Å². The molecule has 0 saturated heterocycles. The summed E-state index contributed by atoms with van der Waals surface area (Å²) in [6, 6.07) is 5.77. The number of halogens is 1. The van der Waals surface area contributed by atoms with E-state index in [9.17, 15) is 0 Å². The van der Waals surface area contributed by atoms with E-state index in [1.807, 2.05) is 18.2 Å². The van der Waals surface area contributed by atoms with Crippen LogP contribution in [0, 0.1) is 0 Å². The van der Waals surface area contributed by atoms with Crippen LogP contribution in [-0.2, 0) is 4.84 Å². The molecule has 1 aliphatic heterocycles. The summed E-state index contributed by atoms with van der Waals surface area (Å²) in [5, 5.41) is 4.05. The van der Waals surface area contributed by atoms with Crippen molar-refractivity contribution in [3.05, 3.63) is 28.2 Å². The SMILES string of the molecule is COc1ccc(Br)c(C2=NOC(CN)C2)c1. The first kappa shape index (κ1) is 11.4. The molecular formula is C11H13BrN2O2. The number of oxime groups is 1. The lowest BCUT2D eigenvalue weighted by Crippen LogP contribution is -2.20. The van der Waals surface area contributed by atoms with Crippen LogP contribution in [0.25, 0.3) is 0 Å². The standard InChI is InChI=1S/C11H13BrN2O2/c1-15-7-2-3-10(12)9(4-7)11-5-8(6-13)16-14-11/h2-4,8H,5-6,13H2,1H3. The average Bonchev–Trinajstić information content (AvgIpc) is 2.78. The number of nitrogens with two attached hydrogens (primary N) is 1. The average molecular weight is 285 g/mol. The lowest BCUT2D eigenvalue weighted by atomic mass is 10.0. The molecule has 1 aromatic carbocycles. The van der Waals surface area contributed by atoms with Crippen LogP contribution >= 0.6 is 15.9 Å². The first-order valence-electron chi connectivity index (χ1n) is 5.01. The highest BCUT2D eigenvalue weighted by Gasteiger charge is 2.22. The summed E-state index contributed by atoms with van der Waals surface area (Å²) in [5.41, 5.74) is 7.43. The van der Waals surface area contributed by atoms with Crippen molar-refractivity contribution in [3.8, 4) is 5.75 Å². The zero-order chi connectivity index (χ0) is 11.5. The normalized spacial score (nSPS) is 19.2. The Morgan fingerprint density at radius 1 is 1.62 bits per heavy atom. The summed E-state index contributed by atoms with van der Waals surface area (Å²) in [6.07, 6.45) is 0.732. The third-order valence-electron chi connectivity index (χ3n) is 2.48. The molecule has 0 amide bonds. The molecule has 0 aromatic heterocycles. The summed E-state index contributed by atoms with van der Waals surface area (Å²) in [5.74, 6) is 0.803. The van der Waals surface area contributed by atoms with Crippen LogP contribution in [-0.4, -0.2) is 25.5 Å². The maximum Gasteiger partial charge on any atom is 0.145 e. The van der Waals surface area contributed by atoms with Gasteiger partial charge in [0.15, 0.2) is 0 Å². The Morgan fingerprint density at radius 2 is 2.44 bits per heavy atom. The molecule has 0 radical (unpaired) electrons. The topological polar surface area (TPSA) is 56.8 Å². The van der Waals surface area contributed by atoms with Crippen LogP contribution in [0.2, 0.25) is 0 Å². The summed E-state index contributed by atoms with van der Waals surface area (Å²) in [6.45, 7) is 0.481. The van der Waals surface area contributed by atoms with Crippen LogP contribution in [0.15, 0.2) is 27.8 Å². The van der Waals surface area contributed by atoms with E-state index in [-0.39, 0.29) is 6.10 Å². The molecule has 2 N–H and O–H groups in total. The number of methoxy groups -OCH3 is 1. The Hall–Kier alpha value is -1.07. The molecule has 4 nitrogen and oxygen atoms in total. The first-order valence-corrected chi connectivity index (χ1v) is 5.80. The highest BCUT2D eigenvalue weighted by atomic mass is 79.9. The van der Waals surface area contributed by atoms with Gasteiger partial charge in [-0.2, -0.15) is 0 Å². The fourth-order valence-electron chi connectivity index (χ4n) is 1.57. The minimum Gasteiger partial charge on any atom is -0.497 e. The monoisotopic (exact) mass is 284 g/mol. The van der Waals surface area contributed by atoms with Gasteiger partial charge in [-0.05, 0) is 18.2 Å². The minimum absolute atomic E-state index is 0.00639. The first-order chi connectivity index (χ1) is 7.74. The van der Waals surface area contributed by atoms with E-state index in [1.165, 1.54) is 0 Å². The Bertz CT molecular complexity index is 420. The van der Waals surface area contributed by atoms with Crippen molar-refractivity contribution in [1.29, 1.82) is 0 Å². The third-order valence-corrected chi connectivity index (χ3v) is 3.17. The number of rotatable bonds is 3. The van der Waals surface area contributed by atoms with Crippen molar-refractivity contribution in [1.82, 2.24) is 0 Å². The van der Waals surface area contributed by atoms with Crippen LogP contribution in [0.5, 0.6) is 5.75 Å². The molecule has 0 aliphatic carbocycles. The molecule has 1 heterocycles. The highest BCUT2D eigenvalue weighted by Crippen LogP contribution is 2.26. The molecule has 0 spiro atoms. The Kier molecular flexibility index (Phi) is 3.46. The predicted molar refractivity (Wildman–Crippen MR) is 65.8 cm³/mol. The van der Waals surface area contributed by atoms with Crippen LogP contribution in [0.3, 0.4) is 0 Å². The lowest BCUT2D eigenvalue weighted by molar-refractivity contribution is 0.0918. The molecule has 1 aromatic rings. The van der Waals surface area contributed by atoms with Crippen molar-refractivity contribution >= 4 is 21.6 Å². The van der Waals surface area contributed by atoms with Gasteiger partial charge >= 0.3 is 0 Å². The Balaban J connectivity index is 2.27. The van der Waals surface area contributed by atoms with Crippen molar-refractivity contribution in [2.75, 3.05) is 13.7 Å². The van der Waals surface area contributed by atoms with E-state index in [2.05, 4.69) is 21.1 Å². The zero-order valence-electron chi connectivity index (χ0n) is 8.94. The van der Waals surface area contributed by atoms with Gasteiger partial charge in [0.05, 0.1) is 12.8 Å². The van der Waals surface area contributed by atoms with Gasteiger partial charge in [0.2, 0.25) is 0 Å². The summed E-state index contributed by atoms with van der Waals surface area (Å²) >= 11 is 3.49. The molecule has 0 saturated carbocycles. The molecule has 2 rings (SSSR count). The molecule has 0 bridgehead atoms. The van der Waals surface area contributed by atoms with Gasteiger partial charge in [0.25, 0.3) is 0 Å². The van der Waals surface area contributed by atoms with Gasteiger partial charge < -0.3 is 15.3 Å². The molecule has 0 fully saturated rings. The maximum absolute atomic E-state index is 5.53. The number of ether oxygens (including phenoxy) is 1. The van der Waals surface area contributed by atoms with Crippen molar-refractivity contribution in [3.63, 3.8) is 0 Å². The Labute approximate surface area is 103 Å². The van der Waals surface area contributed by atoms with Gasteiger partial charge in [-0.1, -0.05) is 21.1 Å². The minimum atomic E-state index is -0.00639. The van der Waals surface area contributed by atoms with E-state index in [4.69, 9.17) is 15.3 Å². The number of nitrogens with zero attached hydrogens (tertiary/aromatic N) is 1. The zero-order valence-corrected chi connectivity index (χ0v) is 10.5. The van der Waals surface area contributed by atoms with Crippen molar-refractivity contribution < 1.29 is 9.57 Å². The summed E-state index contributed by atoms with van der Waals surface area (Å²) in [7, 11) is 1.64. The van der Waals surface area contributed by atoms with Crippen LogP contribution in [0.4, 0.5) is 0 Å². The van der Waals surface area contributed by atoms with Gasteiger partial charge in [0.1, 0.15) is 11.9 Å². The molecule has 16 heavy (non-hydrogen) atoms. The maximum atomic E-state index is 5.53. The molecule has 1 atom stereocenters.